The molecule has 21 heavy (non-hydrogen) atoms. The number of piperidine rings is 1. The average Bonchev–Trinajstić information content (AvgIpc) is 3.07. The van der Waals surface area contributed by atoms with Gasteiger partial charge in [-0.05, 0) is 12.8 Å². The highest BCUT2D eigenvalue weighted by Gasteiger charge is 2.54. The highest BCUT2D eigenvalue weighted by molar-refractivity contribution is 5.87. The summed E-state index contributed by atoms with van der Waals surface area (Å²) in [7, 11) is 0. The van der Waals surface area contributed by atoms with Crippen LogP contribution in [0.4, 0.5) is 0 Å². The number of hydrogen-bond acceptors (Lipinski definition) is 4. The molecule has 0 aromatic carbocycles. The molecule has 0 aromatic rings. The fraction of sp³-hybridized carbons (Fsp3) is 0.643. The number of carbonyl (C=O) groups is 3. The van der Waals surface area contributed by atoms with Crippen LogP contribution in [0, 0.1) is 17.8 Å². The van der Waals surface area contributed by atoms with Gasteiger partial charge in [-0.15, -0.1) is 0 Å². The zero-order chi connectivity index (χ0) is 15.1. The van der Waals surface area contributed by atoms with Crippen molar-refractivity contribution in [2.75, 3.05) is 13.1 Å². The summed E-state index contributed by atoms with van der Waals surface area (Å²) >= 11 is 0. The topological polar surface area (TPSA) is 110 Å². The van der Waals surface area contributed by atoms with Crippen molar-refractivity contribution < 1.29 is 24.2 Å². The van der Waals surface area contributed by atoms with E-state index in [1.807, 2.05) is 0 Å². The average molecular weight is 294 g/mol. The number of nitrogens with zero attached hydrogens (tertiary/aromatic N) is 1. The molecule has 3 rings (SSSR count). The maximum Gasteiger partial charge on any atom is 0.310 e. The van der Waals surface area contributed by atoms with Crippen molar-refractivity contribution >= 4 is 17.8 Å². The Morgan fingerprint density at radius 1 is 1.10 bits per heavy atom. The molecule has 2 bridgehead atoms. The smallest absolute Gasteiger partial charge is 0.310 e. The predicted molar refractivity (Wildman–Crippen MR) is 70.9 cm³/mol. The van der Waals surface area contributed by atoms with Crippen molar-refractivity contribution in [1.29, 1.82) is 0 Å². The van der Waals surface area contributed by atoms with Crippen molar-refractivity contribution in [1.82, 2.24) is 4.90 Å². The van der Waals surface area contributed by atoms with Crippen LogP contribution in [0.1, 0.15) is 12.8 Å². The van der Waals surface area contributed by atoms with Crippen molar-refractivity contribution in [2.45, 2.75) is 25.0 Å². The van der Waals surface area contributed by atoms with E-state index in [0.717, 1.165) is 0 Å². The SMILES string of the molecule is NC(=O)C1CCN(C(=O)[C@@H]2[C@@H](C(=O)O)[C@@H]3C=C[C@H]2O3)CC1. The second-order valence-corrected chi connectivity index (χ2v) is 5.84. The van der Waals surface area contributed by atoms with Crippen LogP contribution in [0.5, 0.6) is 0 Å². The number of carboxylic acid groups (broad SMARTS) is 1. The first-order valence-corrected chi connectivity index (χ1v) is 7.13. The lowest BCUT2D eigenvalue weighted by atomic mass is 9.81. The number of amides is 2. The van der Waals surface area contributed by atoms with Gasteiger partial charge in [-0.3, -0.25) is 14.4 Å². The van der Waals surface area contributed by atoms with Crippen LogP contribution in [0.2, 0.25) is 0 Å². The Kier molecular flexibility index (Phi) is 3.44. The van der Waals surface area contributed by atoms with Crippen molar-refractivity contribution in [3.05, 3.63) is 12.2 Å². The Hall–Kier alpha value is -1.89. The number of rotatable bonds is 3. The molecule has 0 aliphatic carbocycles. The molecule has 0 radical (unpaired) electrons. The molecule has 0 saturated carbocycles. The van der Waals surface area contributed by atoms with E-state index in [2.05, 4.69) is 0 Å². The molecule has 2 fully saturated rings. The van der Waals surface area contributed by atoms with Gasteiger partial charge in [0.2, 0.25) is 11.8 Å². The Morgan fingerprint density at radius 2 is 1.67 bits per heavy atom. The van der Waals surface area contributed by atoms with E-state index in [0.29, 0.717) is 25.9 Å². The van der Waals surface area contributed by atoms with Gasteiger partial charge in [-0.2, -0.15) is 0 Å². The minimum atomic E-state index is -1.00. The Bertz CT molecular complexity index is 509. The van der Waals surface area contributed by atoms with Crippen LogP contribution in [0.25, 0.3) is 0 Å². The molecule has 4 atom stereocenters. The van der Waals surface area contributed by atoms with E-state index < -0.39 is 30.0 Å². The zero-order valence-electron chi connectivity index (χ0n) is 11.5. The van der Waals surface area contributed by atoms with E-state index in [-0.39, 0.29) is 17.7 Å². The maximum atomic E-state index is 12.6. The van der Waals surface area contributed by atoms with Gasteiger partial charge in [0.15, 0.2) is 0 Å². The molecule has 3 aliphatic heterocycles. The molecule has 3 aliphatic rings. The zero-order valence-corrected chi connectivity index (χ0v) is 11.5. The van der Waals surface area contributed by atoms with Crippen LogP contribution in [-0.4, -0.2) is 53.1 Å². The largest absolute Gasteiger partial charge is 0.481 e. The summed E-state index contributed by atoms with van der Waals surface area (Å²) in [6, 6.07) is 0. The molecule has 7 nitrogen and oxygen atoms in total. The molecule has 3 heterocycles. The standard InChI is InChI=1S/C14H18N2O5/c15-12(17)7-3-5-16(6-4-7)13(18)10-8-1-2-9(21-8)11(10)14(19)20/h1-2,7-11H,3-6H2,(H2,15,17)(H,19,20)/t8-,9+,10+,11+/m1/s1. The molecular weight excluding hydrogens is 276 g/mol. The van der Waals surface area contributed by atoms with Gasteiger partial charge < -0.3 is 20.5 Å². The second-order valence-electron chi connectivity index (χ2n) is 5.84. The lowest BCUT2D eigenvalue weighted by Gasteiger charge is -2.34. The summed E-state index contributed by atoms with van der Waals surface area (Å²) in [4.78, 5) is 36.8. The summed E-state index contributed by atoms with van der Waals surface area (Å²) in [5.41, 5.74) is 5.27. The first-order valence-electron chi connectivity index (χ1n) is 7.13. The number of fused-ring (bicyclic) bond motifs is 2. The predicted octanol–water partition coefficient (Wildman–Crippen LogP) is -0.635. The van der Waals surface area contributed by atoms with Gasteiger partial charge in [0.05, 0.1) is 18.1 Å². The van der Waals surface area contributed by atoms with Crippen molar-refractivity contribution in [3.63, 3.8) is 0 Å². The number of carbonyl (C=O) groups excluding carboxylic acids is 2. The quantitative estimate of drug-likeness (QED) is 0.673. The number of carboxylic acids is 1. The third-order valence-electron chi connectivity index (χ3n) is 4.68. The van der Waals surface area contributed by atoms with Crippen molar-refractivity contribution in [2.24, 2.45) is 23.5 Å². The van der Waals surface area contributed by atoms with Gasteiger partial charge >= 0.3 is 5.97 Å². The van der Waals surface area contributed by atoms with Crippen LogP contribution in [0.15, 0.2) is 12.2 Å². The highest BCUT2D eigenvalue weighted by Crippen LogP contribution is 2.40. The van der Waals surface area contributed by atoms with Crippen LogP contribution in [-0.2, 0) is 19.1 Å². The molecule has 3 N–H and O–H groups in total. The van der Waals surface area contributed by atoms with Gasteiger partial charge in [0, 0.05) is 19.0 Å². The number of nitrogens with two attached hydrogens (primary N) is 1. The van der Waals surface area contributed by atoms with Crippen LogP contribution >= 0.6 is 0 Å². The summed E-state index contributed by atoms with van der Waals surface area (Å²) in [5, 5.41) is 9.32. The van der Waals surface area contributed by atoms with Gasteiger partial charge in [-0.1, -0.05) is 12.2 Å². The van der Waals surface area contributed by atoms with Gasteiger partial charge in [-0.25, -0.2) is 0 Å². The van der Waals surface area contributed by atoms with E-state index in [1.165, 1.54) is 0 Å². The van der Waals surface area contributed by atoms with E-state index in [4.69, 9.17) is 10.5 Å². The highest BCUT2D eigenvalue weighted by atomic mass is 16.5. The normalized spacial score (nSPS) is 35.1. The number of primary amides is 1. The summed E-state index contributed by atoms with van der Waals surface area (Å²) < 4.78 is 5.52. The maximum absolute atomic E-state index is 12.6. The molecule has 7 heteroatoms. The Balaban J connectivity index is 1.70. The lowest BCUT2D eigenvalue weighted by molar-refractivity contribution is -0.150. The summed E-state index contributed by atoms with van der Waals surface area (Å²) in [6.45, 7) is 0.882. The fourth-order valence-electron chi connectivity index (χ4n) is 3.49. The van der Waals surface area contributed by atoms with E-state index in [9.17, 15) is 19.5 Å². The molecule has 114 valence electrons. The number of aliphatic carboxylic acids is 1. The molecule has 2 saturated heterocycles. The monoisotopic (exact) mass is 294 g/mol. The Labute approximate surface area is 121 Å². The summed E-state index contributed by atoms with van der Waals surface area (Å²) in [5.74, 6) is -3.21. The minimum Gasteiger partial charge on any atom is -0.481 e. The third kappa shape index (κ3) is 2.31. The molecular formula is C14H18N2O5. The molecule has 2 amide bonds. The first-order chi connectivity index (χ1) is 9.99. The number of hydrogen-bond donors (Lipinski definition) is 2. The van der Waals surface area contributed by atoms with E-state index in [1.54, 1.807) is 17.1 Å². The van der Waals surface area contributed by atoms with E-state index >= 15 is 0 Å². The first kappa shape index (κ1) is 14.1. The Morgan fingerprint density at radius 3 is 2.19 bits per heavy atom. The van der Waals surface area contributed by atoms with Gasteiger partial charge in [0.1, 0.15) is 5.92 Å². The molecule has 0 aromatic heterocycles. The fourth-order valence-corrected chi connectivity index (χ4v) is 3.49. The van der Waals surface area contributed by atoms with Gasteiger partial charge in [0.25, 0.3) is 0 Å². The number of likely N-dealkylation sites (tertiary alicyclic amines) is 1. The van der Waals surface area contributed by atoms with Crippen LogP contribution < -0.4 is 5.73 Å². The lowest BCUT2D eigenvalue weighted by Crippen LogP contribution is -2.48. The number of ether oxygens (including phenoxy) is 1. The third-order valence-corrected chi connectivity index (χ3v) is 4.68. The molecule has 0 unspecified atom stereocenters. The minimum absolute atomic E-state index is 0.192. The van der Waals surface area contributed by atoms with Crippen LogP contribution in [0.3, 0.4) is 0 Å². The van der Waals surface area contributed by atoms with Crippen molar-refractivity contribution in [3.8, 4) is 0 Å². The summed E-state index contributed by atoms with van der Waals surface area (Å²) in [6.07, 6.45) is 3.60. The second kappa shape index (κ2) is 5.14. The molecule has 0 spiro atoms.